The van der Waals surface area contributed by atoms with Gasteiger partial charge in [-0.2, -0.15) is 0 Å². The van der Waals surface area contributed by atoms with E-state index < -0.39 is 0 Å². The average molecular weight is 335 g/mol. The molecular weight excluding hydrogens is 296 g/mol. The van der Waals surface area contributed by atoms with Crippen LogP contribution in [0.3, 0.4) is 0 Å². The van der Waals surface area contributed by atoms with Crippen LogP contribution in [0, 0.1) is 23.7 Å². The number of aliphatic hydroxyl groups excluding tert-OH is 1. The van der Waals surface area contributed by atoms with E-state index in [0.29, 0.717) is 23.9 Å². The van der Waals surface area contributed by atoms with Crippen molar-refractivity contribution in [2.24, 2.45) is 23.7 Å². The van der Waals surface area contributed by atoms with Gasteiger partial charge in [-0.25, -0.2) is 0 Å². The molecule has 2 saturated carbocycles. The average Bonchev–Trinajstić information content (AvgIpc) is 3.12. The summed E-state index contributed by atoms with van der Waals surface area (Å²) >= 11 is 0. The van der Waals surface area contributed by atoms with Crippen LogP contribution in [0.25, 0.3) is 0 Å². The van der Waals surface area contributed by atoms with Gasteiger partial charge in [0.15, 0.2) is 0 Å². The molecule has 0 aromatic carbocycles. The van der Waals surface area contributed by atoms with Crippen molar-refractivity contribution in [2.75, 3.05) is 19.6 Å². The topological polar surface area (TPSA) is 35.5 Å². The Morgan fingerprint density at radius 1 is 0.958 bits per heavy atom. The van der Waals surface area contributed by atoms with Gasteiger partial charge in [-0.15, -0.1) is 0 Å². The van der Waals surface area contributed by atoms with Crippen LogP contribution < -0.4 is 5.32 Å². The van der Waals surface area contributed by atoms with Crippen molar-refractivity contribution in [1.29, 1.82) is 0 Å². The molecule has 2 aliphatic heterocycles. The van der Waals surface area contributed by atoms with E-state index in [1.165, 1.54) is 77.3 Å². The van der Waals surface area contributed by atoms with Gasteiger partial charge in [0.1, 0.15) is 0 Å². The highest BCUT2D eigenvalue weighted by atomic mass is 16.3. The van der Waals surface area contributed by atoms with Gasteiger partial charge in [0.05, 0.1) is 6.10 Å². The Kier molecular flexibility index (Phi) is 5.50. The number of piperidine rings is 1. The summed E-state index contributed by atoms with van der Waals surface area (Å²) in [6.45, 7) is 6.02. The second-order valence-corrected chi connectivity index (χ2v) is 9.44. The predicted molar refractivity (Wildman–Crippen MR) is 99.0 cm³/mol. The molecule has 138 valence electrons. The van der Waals surface area contributed by atoms with Crippen LogP contribution in [-0.4, -0.2) is 47.8 Å². The number of fused-ring (bicyclic) bond motifs is 1. The lowest BCUT2D eigenvalue weighted by Gasteiger charge is -2.52. The van der Waals surface area contributed by atoms with Crippen LogP contribution in [0.5, 0.6) is 0 Å². The van der Waals surface area contributed by atoms with Gasteiger partial charge in [-0.3, -0.25) is 0 Å². The molecule has 0 bridgehead atoms. The second kappa shape index (κ2) is 7.63. The number of aliphatic hydroxyl groups is 1. The molecule has 3 heteroatoms. The van der Waals surface area contributed by atoms with Crippen molar-refractivity contribution < 1.29 is 5.11 Å². The van der Waals surface area contributed by atoms with E-state index in [0.717, 1.165) is 18.4 Å². The first-order valence-corrected chi connectivity index (χ1v) is 10.9. The van der Waals surface area contributed by atoms with E-state index in [4.69, 9.17) is 0 Å². The molecule has 0 spiro atoms. The number of likely N-dealkylation sites (tertiary alicyclic amines) is 1. The molecule has 24 heavy (non-hydrogen) atoms. The second-order valence-electron chi connectivity index (χ2n) is 9.44. The Morgan fingerprint density at radius 2 is 1.71 bits per heavy atom. The highest BCUT2D eigenvalue weighted by molar-refractivity contribution is 5.03. The molecule has 4 rings (SSSR count). The predicted octanol–water partition coefficient (Wildman–Crippen LogP) is 3.42. The molecular formula is C21H38N2O. The molecule has 0 aromatic heterocycles. The van der Waals surface area contributed by atoms with Crippen molar-refractivity contribution in [1.82, 2.24) is 10.2 Å². The lowest BCUT2D eigenvalue weighted by atomic mass is 9.65. The molecule has 3 nitrogen and oxygen atoms in total. The Bertz CT molecular complexity index is 403. The SMILES string of the molecule is CC1CCC2NC(C3CCCCC3)C(CN3CCCC3)C(O)C2C1. The fraction of sp³-hybridized carbons (Fsp3) is 1.00. The lowest BCUT2D eigenvalue weighted by molar-refractivity contribution is -0.0660. The molecule has 2 aliphatic carbocycles. The Labute approximate surface area is 148 Å². The highest BCUT2D eigenvalue weighted by Gasteiger charge is 2.48. The number of nitrogens with zero attached hydrogens (tertiary/aromatic N) is 1. The summed E-state index contributed by atoms with van der Waals surface area (Å²) in [6, 6.07) is 1.15. The molecule has 4 fully saturated rings. The minimum absolute atomic E-state index is 0.0773. The molecule has 0 amide bonds. The van der Waals surface area contributed by atoms with Crippen LogP contribution in [0.4, 0.5) is 0 Å². The van der Waals surface area contributed by atoms with Gasteiger partial charge >= 0.3 is 0 Å². The zero-order chi connectivity index (χ0) is 16.5. The maximum Gasteiger partial charge on any atom is 0.0638 e. The molecule has 0 aromatic rings. The number of nitrogens with one attached hydrogen (secondary N) is 1. The quantitative estimate of drug-likeness (QED) is 0.830. The summed E-state index contributed by atoms with van der Waals surface area (Å²) < 4.78 is 0. The Morgan fingerprint density at radius 3 is 2.46 bits per heavy atom. The summed E-state index contributed by atoms with van der Waals surface area (Å²) in [5.74, 6) is 2.56. The van der Waals surface area contributed by atoms with Crippen LogP contribution in [0.2, 0.25) is 0 Å². The standard InChI is InChI=1S/C21H38N2O/c1-15-9-10-19-17(13-15)21(24)18(14-23-11-5-6-12-23)20(22-19)16-7-3-2-4-8-16/h15-22,24H,2-14H2,1H3. The van der Waals surface area contributed by atoms with E-state index in [1.807, 2.05) is 0 Å². The molecule has 2 N–H and O–H groups in total. The van der Waals surface area contributed by atoms with E-state index in [-0.39, 0.29) is 6.10 Å². The van der Waals surface area contributed by atoms with Crippen LogP contribution in [0.15, 0.2) is 0 Å². The maximum atomic E-state index is 11.4. The first-order valence-electron chi connectivity index (χ1n) is 10.9. The fourth-order valence-corrected chi connectivity index (χ4v) is 6.37. The molecule has 6 unspecified atom stereocenters. The molecule has 6 atom stereocenters. The van der Waals surface area contributed by atoms with Crippen molar-refractivity contribution in [3.8, 4) is 0 Å². The Hall–Kier alpha value is -0.120. The van der Waals surface area contributed by atoms with Gasteiger partial charge in [0.25, 0.3) is 0 Å². The minimum atomic E-state index is -0.0773. The first-order chi connectivity index (χ1) is 11.7. The van der Waals surface area contributed by atoms with Gasteiger partial charge < -0.3 is 15.3 Å². The monoisotopic (exact) mass is 334 g/mol. The summed E-state index contributed by atoms with van der Waals surface area (Å²) in [5.41, 5.74) is 0. The summed E-state index contributed by atoms with van der Waals surface area (Å²) in [6.07, 6.45) is 13.5. The third-order valence-corrected chi connectivity index (χ3v) is 7.73. The van der Waals surface area contributed by atoms with E-state index in [1.54, 1.807) is 0 Å². The van der Waals surface area contributed by atoms with Gasteiger partial charge in [-0.1, -0.05) is 26.2 Å². The number of hydrogen-bond acceptors (Lipinski definition) is 3. The van der Waals surface area contributed by atoms with Crippen molar-refractivity contribution in [3.63, 3.8) is 0 Å². The smallest absolute Gasteiger partial charge is 0.0638 e. The van der Waals surface area contributed by atoms with Crippen molar-refractivity contribution in [3.05, 3.63) is 0 Å². The van der Waals surface area contributed by atoms with E-state index in [2.05, 4.69) is 17.1 Å². The summed E-state index contributed by atoms with van der Waals surface area (Å²) in [7, 11) is 0. The maximum absolute atomic E-state index is 11.4. The molecule has 0 radical (unpaired) electrons. The fourth-order valence-electron chi connectivity index (χ4n) is 6.37. The van der Waals surface area contributed by atoms with E-state index >= 15 is 0 Å². The third-order valence-electron chi connectivity index (χ3n) is 7.73. The largest absolute Gasteiger partial charge is 0.392 e. The lowest BCUT2D eigenvalue weighted by Crippen LogP contribution is -2.64. The van der Waals surface area contributed by atoms with Crippen molar-refractivity contribution in [2.45, 2.75) is 89.3 Å². The Balaban J connectivity index is 1.51. The zero-order valence-corrected chi connectivity index (χ0v) is 15.6. The van der Waals surface area contributed by atoms with Gasteiger partial charge in [0.2, 0.25) is 0 Å². The molecule has 2 saturated heterocycles. The third kappa shape index (κ3) is 3.54. The summed E-state index contributed by atoms with van der Waals surface area (Å²) in [5, 5.41) is 15.5. The van der Waals surface area contributed by atoms with Gasteiger partial charge in [-0.05, 0) is 69.9 Å². The highest BCUT2D eigenvalue weighted by Crippen LogP contribution is 2.42. The zero-order valence-electron chi connectivity index (χ0n) is 15.6. The molecule has 2 heterocycles. The normalized spacial score (nSPS) is 45.2. The van der Waals surface area contributed by atoms with Crippen LogP contribution in [-0.2, 0) is 0 Å². The number of hydrogen-bond donors (Lipinski definition) is 2. The summed E-state index contributed by atoms with van der Waals surface area (Å²) in [4.78, 5) is 2.64. The van der Waals surface area contributed by atoms with Crippen LogP contribution >= 0.6 is 0 Å². The molecule has 4 aliphatic rings. The van der Waals surface area contributed by atoms with E-state index in [9.17, 15) is 5.11 Å². The van der Waals surface area contributed by atoms with Gasteiger partial charge in [0, 0.05) is 30.5 Å². The van der Waals surface area contributed by atoms with Crippen LogP contribution in [0.1, 0.15) is 71.1 Å². The minimum Gasteiger partial charge on any atom is -0.392 e. The van der Waals surface area contributed by atoms with Crippen molar-refractivity contribution >= 4 is 0 Å². The number of rotatable bonds is 3. The first kappa shape index (κ1) is 17.3.